The van der Waals surface area contributed by atoms with E-state index in [0.29, 0.717) is 23.8 Å². The van der Waals surface area contributed by atoms with Crippen LogP contribution in [0.2, 0.25) is 0 Å². The molecule has 0 bridgehead atoms. The number of ether oxygens (including phenoxy) is 2. The predicted molar refractivity (Wildman–Crippen MR) is 115 cm³/mol. The average molecular weight is 449 g/mol. The Morgan fingerprint density at radius 2 is 1.61 bits per heavy atom. The van der Waals surface area contributed by atoms with Crippen LogP contribution in [0.25, 0.3) is 0 Å². The van der Waals surface area contributed by atoms with Gasteiger partial charge in [0.15, 0.2) is 5.60 Å². The number of aliphatic hydroxyl groups is 1. The molecule has 31 heavy (non-hydrogen) atoms. The Labute approximate surface area is 184 Å². The molecule has 4 nitrogen and oxygen atoms in total. The van der Waals surface area contributed by atoms with Crippen molar-refractivity contribution < 1.29 is 27.8 Å². The maximum atomic E-state index is 14.1. The van der Waals surface area contributed by atoms with Gasteiger partial charge in [-0.2, -0.15) is 25.8 Å². The van der Waals surface area contributed by atoms with Crippen LogP contribution in [-0.4, -0.2) is 22.9 Å². The van der Waals surface area contributed by atoms with Crippen LogP contribution < -0.4 is 9.47 Å². The van der Waals surface area contributed by atoms with Crippen LogP contribution in [0.15, 0.2) is 66.7 Å². The van der Waals surface area contributed by atoms with Gasteiger partial charge in [-0.25, -0.2) is 4.98 Å². The highest BCUT2D eigenvalue weighted by Crippen LogP contribution is 2.43. The van der Waals surface area contributed by atoms with Gasteiger partial charge in [0.1, 0.15) is 11.5 Å². The molecule has 3 rings (SSSR count). The molecule has 1 N–H and O–H groups in total. The van der Waals surface area contributed by atoms with Crippen molar-refractivity contribution in [1.29, 1.82) is 0 Å². The first-order valence-corrected chi connectivity index (χ1v) is 10.2. The van der Waals surface area contributed by atoms with Gasteiger partial charge in [0, 0.05) is 17.7 Å². The second-order valence-corrected chi connectivity index (χ2v) is 7.15. The summed E-state index contributed by atoms with van der Waals surface area (Å²) in [5.41, 5.74) is -2.79. The van der Waals surface area contributed by atoms with Gasteiger partial charge in [-0.05, 0) is 42.8 Å². The first-order valence-electron chi connectivity index (χ1n) is 9.62. The third kappa shape index (κ3) is 5.32. The molecule has 0 spiro atoms. The first kappa shape index (κ1) is 23.0. The van der Waals surface area contributed by atoms with E-state index in [-0.39, 0.29) is 22.8 Å². The number of aromatic nitrogens is 1. The number of benzene rings is 2. The topological polar surface area (TPSA) is 51.6 Å². The fourth-order valence-electron chi connectivity index (χ4n) is 3.05. The highest BCUT2D eigenvalue weighted by atomic mass is 32.1. The maximum Gasteiger partial charge on any atom is 0.421 e. The number of pyridine rings is 1. The van der Waals surface area contributed by atoms with Crippen LogP contribution >= 0.6 is 12.6 Å². The molecular weight excluding hydrogens is 427 g/mol. The number of alkyl halides is 3. The van der Waals surface area contributed by atoms with E-state index in [4.69, 9.17) is 9.47 Å². The second-order valence-electron chi connectivity index (χ2n) is 6.83. The van der Waals surface area contributed by atoms with Crippen LogP contribution in [0, 0.1) is 0 Å². The molecule has 0 saturated carbocycles. The lowest BCUT2D eigenvalue weighted by molar-refractivity contribution is -0.266. The van der Waals surface area contributed by atoms with Crippen LogP contribution in [0.4, 0.5) is 13.2 Å². The Bertz CT molecular complexity index is 997. The summed E-state index contributed by atoms with van der Waals surface area (Å²) in [6.07, 6.45) is -5.71. The fraction of sp³-hybridized carbons (Fsp3) is 0.261. The van der Waals surface area contributed by atoms with Gasteiger partial charge in [-0.3, -0.25) is 0 Å². The Morgan fingerprint density at radius 1 is 0.935 bits per heavy atom. The highest BCUT2D eigenvalue weighted by Gasteiger charge is 2.55. The molecule has 1 heterocycles. The average Bonchev–Trinajstić information content (AvgIpc) is 2.75. The standard InChI is InChI=1S/C23H22F3NO3S/c1-2-29-19-12-9-17(10-13-19)22(28,23(24,25)26)14-16-8-11-18(15-31)27-21(16)30-20-6-4-3-5-7-20/h3-13,28,31H,2,14-15H2,1H3. The summed E-state index contributed by atoms with van der Waals surface area (Å²) in [5, 5.41) is 10.8. The molecule has 1 unspecified atom stereocenters. The number of halogens is 3. The molecule has 0 saturated heterocycles. The minimum absolute atomic E-state index is 0.00800. The normalized spacial score (nSPS) is 13.5. The largest absolute Gasteiger partial charge is 0.494 e. The molecule has 0 aliphatic heterocycles. The maximum absolute atomic E-state index is 14.1. The predicted octanol–water partition coefficient (Wildman–Crippen LogP) is 5.70. The molecule has 0 aliphatic carbocycles. The molecule has 164 valence electrons. The van der Waals surface area contributed by atoms with Crippen LogP contribution in [0.1, 0.15) is 23.7 Å². The van der Waals surface area contributed by atoms with Gasteiger partial charge in [0.25, 0.3) is 0 Å². The van der Waals surface area contributed by atoms with Crippen molar-refractivity contribution in [2.24, 2.45) is 0 Å². The van der Waals surface area contributed by atoms with Crippen LogP contribution in [0.3, 0.4) is 0 Å². The van der Waals surface area contributed by atoms with E-state index in [2.05, 4.69) is 17.6 Å². The molecular formula is C23H22F3NO3S. The summed E-state index contributed by atoms with van der Waals surface area (Å²) >= 11 is 4.17. The smallest absolute Gasteiger partial charge is 0.421 e. The molecule has 2 aromatic carbocycles. The van der Waals surface area contributed by atoms with E-state index in [0.717, 1.165) is 0 Å². The van der Waals surface area contributed by atoms with Gasteiger partial charge in [0.05, 0.1) is 12.3 Å². The minimum Gasteiger partial charge on any atom is -0.494 e. The van der Waals surface area contributed by atoms with Gasteiger partial charge in [-0.1, -0.05) is 36.4 Å². The SMILES string of the molecule is CCOc1ccc(C(O)(Cc2ccc(CS)nc2Oc2ccccc2)C(F)(F)F)cc1. The molecule has 0 amide bonds. The van der Waals surface area contributed by atoms with Crippen molar-refractivity contribution >= 4 is 12.6 Å². The third-order valence-corrected chi connectivity index (χ3v) is 5.00. The van der Waals surface area contributed by atoms with E-state index in [1.807, 2.05) is 0 Å². The van der Waals surface area contributed by atoms with Crippen molar-refractivity contribution in [2.75, 3.05) is 6.61 Å². The summed E-state index contributed by atoms with van der Waals surface area (Å²) in [6, 6.07) is 16.9. The van der Waals surface area contributed by atoms with E-state index in [1.165, 1.54) is 30.3 Å². The minimum atomic E-state index is -4.94. The van der Waals surface area contributed by atoms with E-state index in [1.54, 1.807) is 43.3 Å². The zero-order chi connectivity index (χ0) is 22.5. The second kappa shape index (κ2) is 9.62. The van der Waals surface area contributed by atoms with E-state index in [9.17, 15) is 18.3 Å². The molecule has 1 aromatic heterocycles. The highest BCUT2D eigenvalue weighted by molar-refractivity contribution is 7.79. The number of hydrogen-bond acceptors (Lipinski definition) is 5. The first-order chi connectivity index (χ1) is 14.8. The molecule has 8 heteroatoms. The van der Waals surface area contributed by atoms with Crippen molar-refractivity contribution in [3.05, 3.63) is 83.6 Å². The summed E-state index contributed by atoms with van der Waals surface area (Å²) in [4.78, 5) is 4.29. The van der Waals surface area contributed by atoms with Crippen molar-refractivity contribution in [3.63, 3.8) is 0 Å². The lowest BCUT2D eigenvalue weighted by Crippen LogP contribution is -2.44. The molecule has 0 fully saturated rings. The molecule has 0 radical (unpaired) electrons. The zero-order valence-electron chi connectivity index (χ0n) is 16.8. The molecule has 3 aromatic rings. The van der Waals surface area contributed by atoms with Crippen molar-refractivity contribution in [3.8, 4) is 17.4 Å². The van der Waals surface area contributed by atoms with Crippen LogP contribution in [-0.2, 0) is 17.8 Å². The lowest BCUT2D eigenvalue weighted by Gasteiger charge is -2.31. The number of rotatable bonds is 8. The molecule has 1 atom stereocenters. The van der Waals surface area contributed by atoms with Crippen molar-refractivity contribution in [1.82, 2.24) is 4.98 Å². The summed E-state index contributed by atoms with van der Waals surface area (Å²) in [6.45, 7) is 2.15. The van der Waals surface area contributed by atoms with E-state index >= 15 is 0 Å². The van der Waals surface area contributed by atoms with Crippen molar-refractivity contribution in [2.45, 2.75) is 30.9 Å². The lowest BCUT2D eigenvalue weighted by atomic mass is 9.86. The number of nitrogens with zero attached hydrogens (tertiary/aromatic N) is 1. The van der Waals surface area contributed by atoms with Crippen LogP contribution in [0.5, 0.6) is 17.4 Å². The Morgan fingerprint density at radius 3 is 2.19 bits per heavy atom. The Hall–Kier alpha value is -2.71. The van der Waals surface area contributed by atoms with Gasteiger partial charge < -0.3 is 14.6 Å². The van der Waals surface area contributed by atoms with E-state index < -0.39 is 18.2 Å². The fourth-order valence-corrected chi connectivity index (χ4v) is 3.23. The number of thiol groups is 1. The summed E-state index contributed by atoms with van der Waals surface area (Å²) in [5.74, 6) is 1.12. The monoisotopic (exact) mass is 449 g/mol. The number of hydrogen-bond donors (Lipinski definition) is 2. The number of para-hydroxylation sites is 1. The van der Waals surface area contributed by atoms with Gasteiger partial charge >= 0.3 is 6.18 Å². The molecule has 0 aliphatic rings. The Kier molecular flexibility index (Phi) is 7.12. The quantitative estimate of drug-likeness (QED) is 0.434. The van der Waals surface area contributed by atoms with Gasteiger partial charge in [0.2, 0.25) is 5.88 Å². The van der Waals surface area contributed by atoms with Gasteiger partial charge in [-0.15, -0.1) is 0 Å². The third-order valence-electron chi connectivity index (χ3n) is 4.67. The Balaban J connectivity index is 2.01. The zero-order valence-corrected chi connectivity index (χ0v) is 17.7. The summed E-state index contributed by atoms with van der Waals surface area (Å²) < 4.78 is 53.3. The summed E-state index contributed by atoms with van der Waals surface area (Å²) in [7, 11) is 0.